The summed E-state index contributed by atoms with van der Waals surface area (Å²) in [5, 5.41) is 4.39. The summed E-state index contributed by atoms with van der Waals surface area (Å²) >= 11 is 0. The summed E-state index contributed by atoms with van der Waals surface area (Å²) in [6, 6.07) is 29.9. The van der Waals surface area contributed by atoms with E-state index in [0.29, 0.717) is 11.9 Å². The summed E-state index contributed by atoms with van der Waals surface area (Å²) in [7, 11) is 1.77. The zero-order valence-electron chi connectivity index (χ0n) is 20.3. The number of anilines is 1. The first-order chi connectivity index (χ1) is 17.2. The summed E-state index contributed by atoms with van der Waals surface area (Å²) < 4.78 is 1.60. The molecule has 5 rings (SSSR count). The third-order valence-electron chi connectivity index (χ3n) is 6.96. The Morgan fingerprint density at radius 1 is 0.829 bits per heavy atom. The Hall–Kier alpha value is -3.48. The second-order valence-corrected chi connectivity index (χ2v) is 9.20. The van der Waals surface area contributed by atoms with Crippen molar-refractivity contribution < 1.29 is 0 Å². The fraction of sp³-hybridized carbons (Fsp3) is 0.310. The number of para-hydroxylation sites is 1. The molecule has 0 atom stereocenters. The van der Waals surface area contributed by atoms with Crippen molar-refractivity contribution in [2.45, 2.75) is 12.5 Å². The van der Waals surface area contributed by atoms with E-state index in [-0.39, 0.29) is 5.69 Å². The third-order valence-corrected chi connectivity index (χ3v) is 6.96. The molecule has 35 heavy (non-hydrogen) atoms. The van der Waals surface area contributed by atoms with Crippen molar-refractivity contribution in [3.63, 3.8) is 0 Å². The third kappa shape index (κ3) is 5.29. The Morgan fingerprint density at radius 3 is 2.09 bits per heavy atom. The van der Waals surface area contributed by atoms with Gasteiger partial charge in [-0.3, -0.25) is 9.47 Å². The van der Waals surface area contributed by atoms with Gasteiger partial charge in [-0.25, -0.2) is 4.79 Å². The molecule has 0 unspecified atom stereocenters. The molecule has 3 aromatic carbocycles. The van der Waals surface area contributed by atoms with Gasteiger partial charge in [0.05, 0.1) is 11.6 Å². The number of nitrogens with one attached hydrogen (secondary N) is 1. The number of piperazine rings is 1. The zero-order valence-corrected chi connectivity index (χ0v) is 20.3. The average molecular weight is 468 g/mol. The molecule has 180 valence electrons. The summed E-state index contributed by atoms with van der Waals surface area (Å²) in [4.78, 5) is 21.6. The number of nitrogens with zero attached hydrogens (tertiary/aromatic N) is 4. The molecular formula is C29H33N5O. The normalized spacial score (nSPS) is 15.0. The maximum Gasteiger partial charge on any atom is 0.349 e. The van der Waals surface area contributed by atoms with Gasteiger partial charge in [0.15, 0.2) is 0 Å². The first-order valence-electron chi connectivity index (χ1n) is 12.5. The van der Waals surface area contributed by atoms with Crippen LogP contribution in [-0.4, -0.2) is 58.6 Å². The van der Waals surface area contributed by atoms with Crippen molar-refractivity contribution >= 4 is 16.7 Å². The number of hydrogen-bond acceptors (Lipinski definition) is 5. The van der Waals surface area contributed by atoms with Crippen LogP contribution in [0.15, 0.2) is 89.7 Å². The standard InChI is InChI=1S/C29H33N5O/c1-32-26-16-9-8-15-25(26)28(31-29(32)35)30-17-10-18-33-19-21-34(22-20-33)27(23-11-4-2-5-12-23)24-13-6-3-7-14-24/h2-9,11-16,27H,10,17-22H2,1H3,(H,30,31,35). The number of rotatable bonds is 8. The van der Waals surface area contributed by atoms with Crippen LogP contribution in [0.25, 0.3) is 10.9 Å². The molecule has 6 nitrogen and oxygen atoms in total. The Balaban J connectivity index is 1.16. The second kappa shape index (κ2) is 10.8. The van der Waals surface area contributed by atoms with Crippen LogP contribution in [0.1, 0.15) is 23.6 Å². The molecular weight excluding hydrogens is 434 g/mol. The minimum absolute atomic E-state index is 0.228. The number of fused-ring (bicyclic) bond motifs is 1. The van der Waals surface area contributed by atoms with Crippen molar-refractivity contribution in [2.24, 2.45) is 7.05 Å². The Labute approximate surface area is 206 Å². The lowest BCUT2D eigenvalue weighted by molar-refractivity contribution is 0.109. The van der Waals surface area contributed by atoms with Gasteiger partial charge in [0.25, 0.3) is 0 Å². The van der Waals surface area contributed by atoms with Crippen molar-refractivity contribution in [1.82, 2.24) is 19.4 Å². The van der Waals surface area contributed by atoms with Gasteiger partial charge in [-0.05, 0) is 36.2 Å². The first kappa shape index (κ1) is 23.3. The van der Waals surface area contributed by atoms with Crippen LogP contribution in [0.5, 0.6) is 0 Å². The van der Waals surface area contributed by atoms with Crippen LogP contribution in [0.3, 0.4) is 0 Å². The van der Waals surface area contributed by atoms with Crippen molar-refractivity contribution in [3.8, 4) is 0 Å². The number of hydrogen-bond donors (Lipinski definition) is 1. The minimum Gasteiger partial charge on any atom is -0.369 e. The fourth-order valence-corrected chi connectivity index (χ4v) is 5.07. The lowest BCUT2D eigenvalue weighted by atomic mass is 9.96. The van der Waals surface area contributed by atoms with Crippen LogP contribution in [0.2, 0.25) is 0 Å². The van der Waals surface area contributed by atoms with Crippen molar-refractivity contribution in [1.29, 1.82) is 0 Å². The van der Waals surface area contributed by atoms with Crippen LogP contribution in [-0.2, 0) is 7.05 Å². The zero-order chi connectivity index (χ0) is 24.0. The molecule has 1 N–H and O–H groups in total. The highest BCUT2D eigenvalue weighted by Crippen LogP contribution is 2.29. The van der Waals surface area contributed by atoms with Gasteiger partial charge in [-0.1, -0.05) is 72.8 Å². The number of aromatic nitrogens is 2. The Bertz CT molecular complexity index is 1260. The maximum absolute atomic E-state index is 12.2. The molecule has 1 aromatic heterocycles. The largest absolute Gasteiger partial charge is 0.369 e. The van der Waals surface area contributed by atoms with E-state index in [1.54, 1.807) is 11.6 Å². The second-order valence-electron chi connectivity index (χ2n) is 9.20. The van der Waals surface area contributed by atoms with Gasteiger partial charge in [-0.2, -0.15) is 4.98 Å². The van der Waals surface area contributed by atoms with Crippen LogP contribution in [0.4, 0.5) is 5.82 Å². The molecule has 1 saturated heterocycles. The summed E-state index contributed by atoms with van der Waals surface area (Å²) in [6.07, 6.45) is 1.01. The van der Waals surface area contributed by atoms with E-state index in [9.17, 15) is 4.79 Å². The highest BCUT2D eigenvalue weighted by Gasteiger charge is 2.26. The molecule has 0 amide bonds. The number of benzene rings is 3. The predicted octanol–water partition coefficient (Wildman–Crippen LogP) is 4.14. The van der Waals surface area contributed by atoms with E-state index in [0.717, 1.165) is 56.6 Å². The summed E-state index contributed by atoms with van der Waals surface area (Å²) in [5.74, 6) is 0.682. The molecule has 4 aromatic rings. The molecule has 1 aliphatic heterocycles. The Kier molecular flexibility index (Phi) is 7.21. The molecule has 0 radical (unpaired) electrons. The molecule has 1 aliphatic rings. The van der Waals surface area contributed by atoms with E-state index < -0.39 is 0 Å². The van der Waals surface area contributed by atoms with E-state index in [1.165, 1.54) is 11.1 Å². The average Bonchev–Trinajstić information content (AvgIpc) is 2.91. The highest BCUT2D eigenvalue weighted by atomic mass is 16.1. The van der Waals surface area contributed by atoms with Gasteiger partial charge >= 0.3 is 5.69 Å². The van der Waals surface area contributed by atoms with Crippen molar-refractivity contribution in [2.75, 3.05) is 44.6 Å². The lowest BCUT2D eigenvalue weighted by Gasteiger charge is -2.39. The molecule has 0 spiro atoms. The highest BCUT2D eigenvalue weighted by molar-refractivity contribution is 5.89. The quantitative estimate of drug-likeness (QED) is 0.395. The van der Waals surface area contributed by atoms with Gasteiger partial charge < -0.3 is 10.2 Å². The smallest absolute Gasteiger partial charge is 0.349 e. The molecule has 0 bridgehead atoms. The summed E-state index contributed by atoms with van der Waals surface area (Å²) in [5.41, 5.74) is 3.38. The molecule has 1 fully saturated rings. The predicted molar refractivity (Wildman–Crippen MR) is 143 cm³/mol. The van der Waals surface area contributed by atoms with Crippen LogP contribution >= 0.6 is 0 Å². The topological polar surface area (TPSA) is 53.4 Å². The summed E-state index contributed by atoms with van der Waals surface area (Å²) in [6.45, 7) is 6.03. The van der Waals surface area contributed by atoms with E-state index in [2.05, 4.69) is 80.8 Å². The number of aryl methyl sites for hydroxylation is 1. The molecule has 2 heterocycles. The van der Waals surface area contributed by atoms with E-state index in [1.807, 2.05) is 24.3 Å². The lowest BCUT2D eigenvalue weighted by Crippen LogP contribution is -2.48. The molecule has 0 aliphatic carbocycles. The first-order valence-corrected chi connectivity index (χ1v) is 12.5. The van der Waals surface area contributed by atoms with Crippen LogP contribution < -0.4 is 11.0 Å². The molecule has 6 heteroatoms. The molecule has 0 saturated carbocycles. The van der Waals surface area contributed by atoms with Gasteiger partial charge in [0, 0.05) is 45.2 Å². The van der Waals surface area contributed by atoms with E-state index in [4.69, 9.17) is 0 Å². The monoisotopic (exact) mass is 467 g/mol. The van der Waals surface area contributed by atoms with Gasteiger partial charge in [0.1, 0.15) is 5.82 Å². The maximum atomic E-state index is 12.2. The van der Waals surface area contributed by atoms with Crippen molar-refractivity contribution in [3.05, 3.63) is 107 Å². The fourth-order valence-electron chi connectivity index (χ4n) is 5.07. The SMILES string of the molecule is Cn1c(=O)nc(NCCCN2CCN(C(c3ccccc3)c3ccccc3)CC2)c2ccccc21. The van der Waals surface area contributed by atoms with Crippen LogP contribution in [0, 0.1) is 0 Å². The van der Waals surface area contributed by atoms with Gasteiger partial charge in [0.2, 0.25) is 0 Å². The van der Waals surface area contributed by atoms with Gasteiger partial charge in [-0.15, -0.1) is 0 Å². The minimum atomic E-state index is -0.228. The Morgan fingerprint density at radius 2 is 1.43 bits per heavy atom. The van der Waals surface area contributed by atoms with E-state index >= 15 is 0 Å².